The summed E-state index contributed by atoms with van der Waals surface area (Å²) >= 11 is 0. The maximum Gasteiger partial charge on any atom is 0.0548 e. The fourth-order valence-corrected chi connectivity index (χ4v) is 3.94. The number of aliphatic hydroxyl groups is 1. The summed E-state index contributed by atoms with van der Waals surface area (Å²) in [6, 6.07) is 0. The molecule has 2 saturated carbocycles. The van der Waals surface area contributed by atoms with Gasteiger partial charge in [-0.05, 0) is 55.3 Å². The molecule has 1 nitrogen and oxygen atoms in total. The first-order valence-corrected chi connectivity index (χ1v) is 6.73. The van der Waals surface area contributed by atoms with Crippen molar-refractivity contribution in [3.05, 3.63) is 0 Å². The van der Waals surface area contributed by atoms with Crippen LogP contribution in [0.25, 0.3) is 0 Å². The van der Waals surface area contributed by atoms with Crippen LogP contribution >= 0.6 is 0 Å². The fraction of sp³-hybridized carbons (Fsp3) is 1.00. The molecule has 0 aromatic rings. The maximum absolute atomic E-state index is 9.81. The van der Waals surface area contributed by atoms with Crippen LogP contribution in [0.1, 0.15) is 59.3 Å². The lowest BCUT2D eigenvalue weighted by Gasteiger charge is -2.42. The first kappa shape index (κ1) is 11.4. The molecule has 5 atom stereocenters. The van der Waals surface area contributed by atoms with Gasteiger partial charge in [-0.3, -0.25) is 0 Å². The monoisotopic (exact) mass is 210 g/mol. The first-order valence-electron chi connectivity index (χ1n) is 6.73. The van der Waals surface area contributed by atoms with Crippen LogP contribution in [0.15, 0.2) is 0 Å². The number of fused-ring (bicyclic) bond motifs is 1. The normalized spacial score (nSPS) is 47.6. The van der Waals surface area contributed by atoms with Gasteiger partial charge in [0, 0.05) is 0 Å². The number of aliphatic hydroxyl groups excluding tert-OH is 1. The quantitative estimate of drug-likeness (QED) is 0.738. The highest BCUT2D eigenvalue weighted by atomic mass is 16.3. The molecule has 1 N–H and O–H groups in total. The molecule has 0 bridgehead atoms. The van der Waals surface area contributed by atoms with Crippen molar-refractivity contribution in [2.75, 3.05) is 0 Å². The summed E-state index contributed by atoms with van der Waals surface area (Å²) in [5.41, 5.74) is 0.476. The maximum atomic E-state index is 9.81. The lowest BCUT2D eigenvalue weighted by atomic mass is 9.63. The molecule has 2 rings (SSSR count). The van der Waals surface area contributed by atoms with E-state index < -0.39 is 0 Å². The van der Waals surface area contributed by atoms with Gasteiger partial charge in [0.2, 0.25) is 0 Å². The smallest absolute Gasteiger partial charge is 0.0548 e. The fourth-order valence-electron chi connectivity index (χ4n) is 3.94. The molecule has 0 saturated heterocycles. The molecule has 0 heterocycles. The summed E-state index contributed by atoms with van der Waals surface area (Å²) in [7, 11) is 0. The number of rotatable bonds is 2. The molecule has 5 unspecified atom stereocenters. The predicted octanol–water partition coefficient (Wildman–Crippen LogP) is 3.61. The average Bonchev–Trinajstić information content (AvgIpc) is 2.49. The van der Waals surface area contributed by atoms with E-state index in [0.29, 0.717) is 5.41 Å². The van der Waals surface area contributed by atoms with Gasteiger partial charge in [0.15, 0.2) is 0 Å². The van der Waals surface area contributed by atoms with Crippen LogP contribution in [-0.2, 0) is 0 Å². The minimum Gasteiger partial charge on any atom is -0.393 e. The minimum atomic E-state index is -0.00400. The van der Waals surface area contributed by atoms with Crippen molar-refractivity contribution >= 4 is 0 Å². The molecular weight excluding hydrogens is 184 g/mol. The average molecular weight is 210 g/mol. The Labute approximate surface area is 94.3 Å². The van der Waals surface area contributed by atoms with E-state index in [9.17, 15) is 5.11 Å². The number of hydrogen-bond donors (Lipinski definition) is 1. The van der Waals surface area contributed by atoms with Gasteiger partial charge < -0.3 is 5.11 Å². The standard InChI is InChI=1S/C14H26O/c1-4-10(2)11-5-6-14(3)9-13(15)8-12(14)7-11/h10-13,15H,4-9H2,1-3H3. The van der Waals surface area contributed by atoms with Crippen LogP contribution in [0.4, 0.5) is 0 Å². The Kier molecular flexibility index (Phi) is 3.12. The van der Waals surface area contributed by atoms with Crippen LogP contribution in [0.3, 0.4) is 0 Å². The molecule has 0 aromatic heterocycles. The van der Waals surface area contributed by atoms with Crippen LogP contribution in [-0.4, -0.2) is 11.2 Å². The Morgan fingerprint density at radius 1 is 1.40 bits per heavy atom. The summed E-state index contributed by atoms with van der Waals surface area (Å²) in [6.45, 7) is 7.11. The summed E-state index contributed by atoms with van der Waals surface area (Å²) in [6.07, 6.45) is 7.57. The lowest BCUT2D eigenvalue weighted by molar-refractivity contribution is 0.0841. The van der Waals surface area contributed by atoms with E-state index in [1.165, 1.54) is 25.7 Å². The van der Waals surface area contributed by atoms with Crippen molar-refractivity contribution in [1.82, 2.24) is 0 Å². The van der Waals surface area contributed by atoms with Gasteiger partial charge in [-0.15, -0.1) is 0 Å². The SMILES string of the molecule is CCC(C)C1CCC2(C)CC(O)CC2C1. The van der Waals surface area contributed by atoms with Gasteiger partial charge in [0.25, 0.3) is 0 Å². The van der Waals surface area contributed by atoms with Crippen molar-refractivity contribution in [1.29, 1.82) is 0 Å². The molecule has 15 heavy (non-hydrogen) atoms. The Hall–Kier alpha value is -0.0400. The highest BCUT2D eigenvalue weighted by molar-refractivity contribution is 4.97. The van der Waals surface area contributed by atoms with Crippen LogP contribution in [0.2, 0.25) is 0 Å². The Morgan fingerprint density at radius 3 is 2.80 bits per heavy atom. The molecule has 2 aliphatic carbocycles. The highest BCUT2D eigenvalue weighted by Gasteiger charge is 2.46. The first-order chi connectivity index (χ1) is 7.05. The van der Waals surface area contributed by atoms with Crippen molar-refractivity contribution in [2.24, 2.45) is 23.2 Å². The largest absolute Gasteiger partial charge is 0.393 e. The van der Waals surface area contributed by atoms with Crippen molar-refractivity contribution < 1.29 is 5.11 Å². The zero-order valence-corrected chi connectivity index (χ0v) is 10.5. The molecule has 1 heteroatoms. The third-order valence-electron chi connectivity index (χ3n) is 5.37. The van der Waals surface area contributed by atoms with Crippen molar-refractivity contribution in [3.63, 3.8) is 0 Å². The van der Waals surface area contributed by atoms with E-state index in [1.807, 2.05) is 0 Å². The molecule has 0 radical (unpaired) electrons. The van der Waals surface area contributed by atoms with E-state index in [2.05, 4.69) is 20.8 Å². The molecule has 2 fully saturated rings. The molecule has 0 aliphatic heterocycles. The summed E-state index contributed by atoms with van der Waals surface area (Å²) in [5, 5.41) is 9.81. The van der Waals surface area contributed by atoms with E-state index in [1.54, 1.807) is 0 Å². The van der Waals surface area contributed by atoms with Gasteiger partial charge in [-0.2, -0.15) is 0 Å². The molecule has 88 valence electrons. The molecular formula is C14H26O. The van der Waals surface area contributed by atoms with Crippen LogP contribution in [0.5, 0.6) is 0 Å². The van der Waals surface area contributed by atoms with Crippen LogP contribution < -0.4 is 0 Å². The molecule has 0 aromatic carbocycles. The second kappa shape index (κ2) is 4.08. The third kappa shape index (κ3) is 2.08. The van der Waals surface area contributed by atoms with Crippen molar-refractivity contribution in [2.45, 2.75) is 65.4 Å². The Balaban J connectivity index is 2.00. The minimum absolute atomic E-state index is 0.00400. The van der Waals surface area contributed by atoms with Gasteiger partial charge in [-0.25, -0.2) is 0 Å². The topological polar surface area (TPSA) is 20.2 Å². The molecule has 0 amide bonds. The summed E-state index contributed by atoms with van der Waals surface area (Å²) in [4.78, 5) is 0. The van der Waals surface area contributed by atoms with Crippen LogP contribution in [0, 0.1) is 23.2 Å². The van der Waals surface area contributed by atoms with E-state index in [0.717, 1.165) is 30.6 Å². The summed E-state index contributed by atoms with van der Waals surface area (Å²) in [5.74, 6) is 2.62. The predicted molar refractivity (Wildman–Crippen MR) is 63.6 cm³/mol. The second-order valence-corrected chi connectivity index (χ2v) is 6.36. The van der Waals surface area contributed by atoms with Gasteiger partial charge in [0.1, 0.15) is 0 Å². The van der Waals surface area contributed by atoms with E-state index in [-0.39, 0.29) is 6.10 Å². The van der Waals surface area contributed by atoms with Gasteiger partial charge in [-0.1, -0.05) is 27.2 Å². The molecule has 2 aliphatic rings. The zero-order chi connectivity index (χ0) is 11.1. The van der Waals surface area contributed by atoms with Gasteiger partial charge >= 0.3 is 0 Å². The Bertz CT molecular complexity index is 225. The van der Waals surface area contributed by atoms with Gasteiger partial charge in [0.05, 0.1) is 6.10 Å². The van der Waals surface area contributed by atoms with E-state index >= 15 is 0 Å². The second-order valence-electron chi connectivity index (χ2n) is 6.36. The third-order valence-corrected chi connectivity index (χ3v) is 5.37. The number of hydrogen-bond acceptors (Lipinski definition) is 1. The molecule has 0 spiro atoms. The highest BCUT2D eigenvalue weighted by Crippen LogP contribution is 2.54. The lowest BCUT2D eigenvalue weighted by Crippen LogP contribution is -2.32. The Morgan fingerprint density at radius 2 is 2.13 bits per heavy atom. The van der Waals surface area contributed by atoms with E-state index in [4.69, 9.17) is 0 Å². The van der Waals surface area contributed by atoms with Crippen molar-refractivity contribution in [3.8, 4) is 0 Å². The summed E-state index contributed by atoms with van der Waals surface area (Å²) < 4.78 is 0. The zero-order valence-electron chi connectivity index (χ0n) is 10.5.